The number of esters is 1. The Hall–Kier alpha value is -1.21. The van der Waals surface area contributed by atoms with Crippen molar-refractivity contribution in [3.8, 4) is 0 Å². The number of hydrogen-bond donors (Lipinski definition) is 0. The Morgan fingerprint density at radius 1 is 1.21 bits per heavy atom. The van der Waals surface area contributed by atoms with E-state index in [4.69, 9.17) is 9.16 Å². The number of amides is 1. The summed E-state index contributed by atoms with van der Waals surface area (Å²) in [6.07, 6.45) is 3.10. The summed E-state index contributed by atoms with van der Waals surface area (Å²) in [5.41, 5.74) is -0.877. The maximum atomic E-state index is 13.6. The molecule has 2 unspecified atom stereocenters. The average Bonchev–Trinajstić information content (AvgIpc) is 2.84. The first-order valence-electron chi connectivity index (χ1n) is 10.7. The third-order valence-electron chi connectivity index (χ3n) is 7.48. The molecule has 0 aromatic carbocycles. The van der Waals surface area contributed by atoms with Gasteiger partial charge >= 0.3 is 5.97 Å². The van der Waals surface area contributed by atoms with Gasteiger partial charge in [-0.15, -0.1) is 0 Å². The van der Waals surface area contributed by atoms with Crippen LogP contribution in [0.2, 0.25) is 18.1 Å². The van der Waals surface area contributed by atoms with E-state index in [2.05, 4.69) is 33.9 Å². The van der Waals surface area contributed by atoms with Crippen molar-refractivity contribution >= 4 is 26.0 Å². The summed E-state index contributed by atoms with van der Waals surface area (Å²) in [5, 5.41) is -0.0182. The Kier molecular flexibility index (Phi) is 5.56. The van der Waals surface area contributed by atoms with Gasteiger partial charge in [0.25, 0.3) is 5.91 Å². The van der Waals surface area contributed by atoms with Crippen LogP contribution in [0.15, 0.2) is 0 Å². The monoisotopic (exact) mass is 409 g/mol. The molecule has 0 aromatic rings. The van der Waals surface area contributed by atoms with Crippen molar-refractivity contribution in [1.29, 1.82) is 0 Å². The maximum Gasteiger partial charge on any atom is 0.316 e. The van der Waals surface area contributed by atoms with E-state index in [-0.39, 0.29) is 29.3 Å². The lowest BCUT2D eigenvalue weighted by atomic mass is 9.65. The largest absolute Gasteiger partial charge is 0.465 e. The molecule has 158 valence electrons. The van der Waals surface area contributed by atoms with Crippen LogP contribution in [0.25, 0.3) is 0 Å². The van der Waals surface area contributed by atoms with Crippen LogP contribution in [-0.2, 0) is 23.5 Å². The molecule has 28 heavy (non-hydrogen) atoms. The van der Waals surface area contributed by atoms with Crippen molar-refractivity contribution in [2.75, 3.05) is 13.2 Å². The Morgan fingerprint density at radius 2 is 1.89 bits per heavy atom. The fourth-order valence-electron chi connectivity index (χ4n) is 4.98. The molecule has 4 atom stereocenters. The van der Waals surface area contributed by atoms with E-state index in [1.54, 1.807) is 11.8 Å². The van der Waals surface area contributed by atoms with Crippen LogP contribution in [0.5, 0.6) is 0 Å². The van der Waals surface area contributed by atoms with Crippen molar-refractivity contribution in [1.82, 2.24) is 4.90 Å². The van der Waals surface area contributed by atoms with Crippen LogP contribution < -0.4 is 0 Å². The third-order valence-corrected chi connectivity index (χ3v) is 11.9. The highest BCUT2D eigenvalue weighted by molar-refractivity contribution is 6.74. The Balaban J connectivity index is 1.96. The first-order chi connectivity index (χ1) is 13.0. The first-order valence-corrected chi connectivity index (χ1v) is 13.6. The van der Waals surface area contributed by atoms with Gasteiger partial charge in [-0.2, -0.15) is 0 Å². The third kappa shape index (κ3) is 3.14. The van der Waals surface area contributed by atoms with Crippen LogP contribution >= 0.6 is 0 Å². The van der Waals surface area contributed by atoms with Gasteiger partial charge in [0, 0.05) is 12.5 Å². The molecule has 7 heteroatoms. The van der Waals surface area contributed by atoms with Gasteiger partial charge in [0.15, 0.2) is 14.1 Å². The number of carbonyl (C=O) groups excluding carboxylic acids is 3. The van der Waals surface area contributed by atoms with Gasteiger partial charge < -0.3 is 14.1 Å². The van der Waals surface area contributed by atoms with Crippen LogP contribution in [0.1, 0.15) is 59.8 Å². The molecule has 2 heterocycles. The van der Waals surface area contributed by atoms with E-state index in [9.17, 15) is 14.4 Å². The molecule has 3 fully saturated rings. The lowest BCUT2D eigenvalue weighted by molar-refractivity contribution is -0.163. The second-order valence-electron chi connectivity index (χ2n) is 10.0. The molecule has 6 nitrogen and oxygen atoms in total. The highest BCUT2D eigenvalue weighted by atomic mass is 28.4. The van der Waals surface area contributed by atoms with Crippen molar-refractivity contribution in [2.24, 2.45) is 11.8 Å². The van der Waals surface area contributed by atoms with Gasteiger partial charge in [0.05, 0.1) is 6.61 Å². The number of Topliss-reactive ketones (excluding diaryl/α,β-unsaturated/α-hetero) is 1. The number of carbonyl (C=O) groups is 3. The van der Waals surface area contributed by atoms with Crippen molar-refractivity contribution in [3.05, 3.63) is 0 Å². The quantitative estimate of drug-likeness (QED) is 0.405. The number of hydrogen-bond acceptors (Lipinski definition) is 5. The number of nitrogens with zero attached hydrogens (tertiary/aromatic N) is 1. The van der Waals surface area contributed by atoms with Gasteiger partial charge in [-0.1, -0.05) is 33.6 Å². The zero-order valence-corrected chi connectivity index (χ0v) is 19.2. The number of ether oxygens (including phenoxy) is 1. The molecule has 1 aliphatic carbocycles. The van der Waals surface area contributed by atoms with Crippen molar-refractivity contribution in [3.63, 3.8) is 0 Å². The van der Waals surface area contributed by atoms with E-state index in [0.717, 1.165) is 19.3 Å². The van der Waals surface area contributed by atoms with E-state index < -0.39 is 31.8 Å². The molecule has 1 saturated carbocycles. The van der Waals surface area contributed by atoms with Crippen LogP contribution in [0, 0.1) is 11.8 Å². The number of ketones is 1. The summed E-state index contributed by atoms with van der Waals surface area (Å²) in [6, 6.07) is 0. The first kappa shape index (κ1) is 21.5. The minimum atomic E-state index is -2.18. The molecular weight excluding hydrogens is 374 g/mol. The summed E-state index contributed by atoms with van der Waals surface area (Å²) >= 11 is 0. The zero-order valence-electron chi connectivity index (χ0n) is 18.2. The standard InChI is InChI=1S/C21H35NO5Si/c1-7-26-19(25)14-11-13-22-18(24)16(27-28(5,6)20(2,3)4)15-10-8-9-12-21(15,22)17(14)23/h14-16H,7-13H2,1-6H3/t14?,15-,16+,21?/m0/s1. The molecule has 0 N–H and O–H groups in total. The van der Waals surface area contributed by atoms with Crippen molar-refractivity contribution < 1.29 is 23.5 Å². The molecule has 0 radical (unpaired) electrons. The van der Waals surface area contributed by atoms with Crippen LogP contribution in [-0.4, -0.2) is 55.7 Å². The normalized spacial score (nSPS) is 33.5. The van der Waals surface area contributed by atoms with Crippen LogP contribution in [0.4, 0.5) is 0 Å². The van der Waals surface area contributed by atoms with E-state index in [1.165, 1.54) is 0 Å². The lowest BCUT2D eigenvalue weighted by Gasteiger charge is -2.48. The van der Waals surface area contributed by atoms with Gasteiger partial charge in [-0.05, 0) is 44.3 Å². The molecular formula is C21H35NO5Si. The molecule has 1 spiro atoms. The highest BCUT2D eigenvalue weighted by Crippen LogP contribution is 2.52. The molecule has 3 rings (SSSR count). The van der Waals surface area contributed by atoms with E-state index >= 15 is 0 Å². The van der Waals surface area contributed by atoms with Gasteiger partial charge in [-0.25, -0.2) is 0 Å². The Morgan fingerprint density at radius 3 is 2.50 bits per heavy atom. The van der Waals surface area contributed by atoms with E-state index in [1.807, 2.05) is 0 Å². The summed E-state index contributed by atoms with van der Waals surface area (Å²) in [6.45, 7) is 13.2. The Bertz CT molecular complexity index is 670. The van der Waals surface area contributed by atoms with Gasteiger partial charge in [-0.3, -0.25) is 14.4 Å². The van der Waals surface area contributed by atoms with Crippen molar-refractivity contribution in [2.45, 2.75) is 89.6 Å². The molecule has 3 aliphatic rings. The lowest BCUT2D eigenvalue weighted by Crippen LogP contribution is -2.63. The summed E-state index contributed by atoms with van der Waals surface area (Å²) in [7, 11) is -2.18. The fourth-order valence-corrected chi connectivity index (χ4v) is 6.23. The maximum absolute atomic E-state index is 13.6. The molecule has 0 aromatic heterocycles. The number of rotatable bonds is 4. The summed E-state index contributed by atoms with van der Waals surface area (Å²) < 4.78 is 11.8. The summed E-state index contributed by atoms with van der Waals surface area (Å²) in [4.78, 5) is 41.2. The predicted molar refractivity (Wildman–Crippen MR) is 108 cm³/mol. The topological polar surface area (TPSA) is 72.9 Å². The van der Waals surface area contributed by atoms with Gasteiger partial charge in [0.1, 0.15) is 17.6 Å². The second-order valence-corrected chi connectivity index (χ2v) is 14.8. The fraction of sp³-hybridized carbons (Fsp3) is 0.857. The highest BCUT2D eigenvalue weighted by Gasteiger charge is 2.67. The average molecular weight is 410 g/mol. The Labute approximate surface area is 169 Å². The SMILES string of the molecule is CCOC(=O)C1CCN2C(=O)[C@H](O[Si](C)(C)C(C)(C)C)[C@@H]3CCCCC32C1=O. The smallest absolute Gasteiger partial charge is 0.316 e. The summed E-state index contributed by atoms with van der Waals surface area (Å²) in [5.74, 6) is -1.51. The minimum absolute atomic E-state index is 0.0182. The molecule has 1 amide bonds. The number of piperidine rings is 1. The zero-order chi connectivity index (χ0) is 20.9. The molecule has 2 aliphatic heterocycles. The van der Waals surface area contributed by atoms with Crippen LogP contribution in [0.3, 0.4) is 0 Å². The molecule has 0 bridgehead atoms. The van der Waals surface area contributed by atoms with Gasteiger partial charge in [0.2, 0.25) is 0 Å². The predicted octanol–water partition coefficient (Wildman–Crippen LogP) is 3.30. The second kappa shape index (κ2) is 7.24. The molecule has 2 saturated heterocycles. The minimum Gasteiger partial charge on any atom is -0.465 e. The van der Waals surface area contributed by atoms with E-state index in [0.29, 0.717) is 19.4 Å².